The van der Waals surface area contributed by atoms with E-state index in [1.54, 1.807) is 0 Å². The lowest BCUT2D eigenvalue weighted by Gasteiger charge is -2.22. The normalized spacial score (nSPS) is 12.8. The minimum Gasteiger partial charge on any atom is -0.380 e. The third-order valence-corrected chi connectivity index (χ3v) is 3.46. The second-order valence-electron chi connectivity index (χ2n) is 5.43. The number of benzene rings is 1. The quantitative estimate of drug-likeness (QED) is 0.648. The molecule has 1 rings (SSSR count). The molecule has 0 saturated carbocycles. The maximum atomic E-state index is 5.56. The lowest BCUT2D eigenvalue weighted by molar-refractivity contribution is 0.132. The van der Waals surface area contributed by atoms with E-state index in [0.717, 1.165) is 26.3 Å². The van der Waals surface area contributed by atoms with Gasteiger partial charge in [-0.25, -0.2) is 0 Å². The topological polar surface area (TPSA) is 21.3 Å². The molecule has 0 aromatic heterocycles. The predicted octanol–water partition coefficient (Wildman–Crippen LogP) is 3.83. The Kier molecular flexibility index (Phi) is 8.52. The largest absolute Gasteiger partial charge is 0.380 e. The van der Waals surface area contributed by atoms with Crippen LogP contribution in [0.25, 0.3) is 0 Å². The molecule has 0 fully saturated rings. The third kappa shape index (κ3) is 6.74. The number of nitrogens with one attached hydrogen (secondary N) is 1. The van der Waals surface area contributed by atoms with Crippen LogP contribution in [0.15, 0.2) is 30.3 Å². The van der Waals surface area contributed by atoms with Crippen molar-refractivity contribution in [1.29, 1.82) is 0 Å². The summed E-state index contributed by atoms with van der Waals surface area (Å²) in [4.78, 5) is 0. The van der Waals surface area contributed by atoms with E-state index in [9.17, 15) is 0 Å². The van der Waals surface area contributed by atoms with Gasteiger partial charge in [-0.05, 0) is 23.8 Å². The lowest BCUT2D eigenvalue weighted by atomic mass is 9.88. The average Bonchev–Trinajstić information content (AvgIpc) is 2.42. The molecule has 1 unspecified atom stereocenters. The van der Waals surface area contributed by atoms with E-state index in [4.69, 9.17) is 4.74 Å². The van der Waals surface area contributed by atoms with Gasteiger partial charge >= 0.3 is 0 Å². The summed E-state index contributed by atoms with van der Waals surface area (Å²) in [6.45, 7) is 10.4. The first kappa shape index (κ1) is 16.2. The van der Waals surface area contributed by atoms with Gasteiger partial charge in [-0.3, -0.25) is 0 Å². The van der Waals surface area contributed by atoms with Crippen molar-refractivity contribution in [1.82, 2.24) is 5.32 Å². The highest BCUT2D eigenvalue weighted by atomic mass is 16.5. The highest BCUT2D eigenvalue weighted by Crippen LogP contribution is 2.23. The molecule has 19 heavy (non-hydrogen) atoms. The summed E-state index contributed by atoms with van der Waals surface area (Å²) >= 11 is 0. The zero-order chi connectivity index (χ0) is 13.9. The molecule has 0 aliphatic heterocycles. The Labute approximate surface area is 118 Å². The molecule has 1 aromatic rings. The monoisotopic (exact) mass is 263 g/mol. The van der Waals surface area contributed by atoms with Crippen molar-refractivity contribution in [3.63, 3.8) is 0 Å². The van der Waals surface area contributed by atoms with Gasteiger partial charge in [0.1, 0.15) is 0 Å². The van der Waals surface area contributed by atoms with Gasteiger partial charge < -0.3 is 10.1 Å². The third-order valence-electron chi connectivity index (χ3n) is 3.46. The Morgan fingerprint density at radius 3 is 2.47 bits per heavy atom. The van der Waals surface area contributed by atoms with E-state index >= 15 is 0 Å². The Bertz CT molecular complexity index is 310. The van der Waals surface area contributed by atoms with E-state index < -0.39 is 0 Å². The zero-order valence-electron chi connectivity index (χ0n) is 12.7. The van der Waals surface area contributed by atoms with Crippen molar-refractivity contribution in [3.05, 3.63) is 35.9 Å². The molecule has 0 spiro atoms. The Morgan fingerprint density at radius 1 is 1.11 bits per heavy atom. The molecule has 0 saturated heterocycles. The molecule has 2 heteroatoms. The van der Waals surface area contributed by atoms with Crippen LogP contribution in [-0.4, -0.2) is 26.3 Å². The van der Waals surface area contributed by atoms with Crippen molar-refractivity contribution < 1.29 is 4.74 Å². The maximum absolute atomic E-state index is 5.56. The molecular formula is C17H29NO. The van der Waals surface area contributed by atoms with Crippen LogP contribution in [0.4, 0.5) is 0 Å². The fourth-order valence-electron chi connectivity index (χ4n) is 2.19. The van der Waals surface area contributed by atoms with Gasteiger partial charge in [0.25, 0.3) is 0 Å². The summed E-state index contributed by atoms with van der Waals surface area (Å²) in [6, 6.07) is 10.8. The van der Waals surface area contributed by atoms with Gasteiger partial charge in [-0.2, -0.15) is 0 Å². The molecule has 0 aliphatic rings. The van der Waals surface area contributed by atoms with Crippen molar-refractivity contribution in [3.8, 4) is 0 Å². The minimum absolute atomic E-state index is 0.580. The molecular weight excluding hydrogens is 234 g/mol. The SMILES string of the molecule is CCCCOCCNCC(c1ccccc1)C(C)C. The molecule has 1 N–H and O–H groups in total. The van der Waals surface area contributed by atoms with Gasteiger partial charge in [0, 0.05) is 19.7 Å². The van der Waals surface area contributed by atoms with E-state index in [-0.39, 0.29) is 0 Å². The molecule has 0 radical (unpaired) electrons. The van der Waals surface area contributed by atoms with Gasteiger partial charge in [0.15, 0.2) is 0 Å². The van der Waals surface area contributed by atoms with Crippen molar-refractivity contribution >= 4 is 0 Å². The van der Waals surface area contributed by atoms with Gasteiger partial charge in [0.05, 0.1) is 6.61 Å². The number of hydrogen-bond acceptors (Lipinski definition) is 2. The van der Waals surface area contributed by atoms with E-state index in [1.165, 1.54) is 18.4 Å². The summed E-state index contributed by atoms with van der Waals surface area (Å²) in [6.07, 6.45) is 2.37. The molecule has 0 heterocycles. The van der Waals surface area contributed by atoms with E-state index in [0.29, 0.717) is 11.8 Å². The van der Waals surface area contributed by atoms with Crippen LogP contribution in [0.1, 0.15) is 45.1 Å². The summed E-state index contributed by atoms with van der Waals surface area (Å²) in [5.74, 6) is 1.23. The predicted molar refractivity (Wildman–Crippen MR) is 82.6 cm³/mol. The number of ether oxygens (including phenoxy) is 1. The van der Waals surface area contributed by atoms with E-state index in [1.807, 2.05) is 0 Å². The molecule has 0 bridgehead atoms. The van der Waals surface area contributed by atoms with Crippen LogP contribution in [0.2, 0.25) is 0 Å². The molecule has 1 aromatic carbocycles. The molecule has 2 nitrogen and oxygen atoms in total. The molecule has 108 valence electrons. The highest BCUT2D eigenvalue weighted by molar-refractivity contribution is 5.20. The van der Waals surface area contributed by atoms with Crippen LogP contribution in [-0.2, 0) is 4.74 Å². The minimum atomic E-state index is 0.580. The standard InChI is InChI=1S/C17H29NO/c1-4-5-12-19-13-11-18-14-17(15(2)3)16-9-7-6-8-10-16/h6-10,15,17-18H,4-5,11-14H2,1-3H3. The van der Waals surface area contributed by atoms with Crippen LogP contribution in [0.5, 0.6) is 0 Å². The summed E-state index contributed by atoms with van der Waals surface area (Å²) < 4.78 is 5.56. The molecule has 1 atom stereocenters. The summed E-state index contributed by atoms with van der Waals surface area (Å²) in [5, 5.41) is 3.52. The first-order valence-corrected chi connectivity index (χ1v) is 7.59. The van der Waals surface area contributed by atoms with Crippen LogP contribution < -0.4 is 5.32 Å². The summed E-state index contributed by atoms with van der Waals surface area (Å²) in [5.41, 5.74) is 1.43. The Balaban J connectivity index is 2.24. The second kappa shape index (κ2) is 9.99. The second-order valence-corrected chi connectivity index (χ2v) is 5.43. The number of rotatable bonds is 10. The summed E-state index contributed by atoms with van der Waals surface area (Å²) in [7, 11) is 0. The van der Waals surface area contributed by atoms with Gasteiger partial charge in [0.2, 0.25) is 0 Å². The molecule has 0 aliphatic carbocycles. The maximum Gasteiger partial charge on any atom is 0.0590 e. The number of hydrogen-bond donors (Lipinski definition) is 1. The van der Waals surface area contributed by atoms with Crippen LogP contribution in [0.3, 0.4) is 0 Å². The fraction of sp³-hybridized carbons (Fsp3) is 0.647. The number of unbranched alkanes of at least 4 members (excludes halogenated alkanes) is 1. The first-order valence-electron chi connectivity index (χ1n) is 7.59. The van der Waals surface area contributed by atoms with Crippen LogP contribution in [0, 0.1) is 5.92 Å². The van der Waals surface area contributed by atoms with Crippen molar-refractivity contribution in [2.45, 2.75) is 39.5 Å². The smallest absolute Gasteiger partial charge is 0.0590 e. The van der Waals surface area contributed by atoms with Gasteiger partial charge in [-0.1, -0.05) is 57.5 Å². The zero-order valence-corrected chi connectivity index (χ0v) is 12.7. The van der Waals surface area contributed by atoms with Crippen molar-refractivity contribution in [2.24, 2.45) is 5.92 Å². The first-order chi connectivity index (χ1) is 9.25. The highest BCUT2D eigenvalue weighted by Gasteiger charge is 2.14. The van der Waals surface area contributed by atoms with E-state index in [2.05, 4.69) is 56.4 Å². The average molecular weight is 263 g/mol. The van der Waals surface area contributed by atoms with Gasteiger partial charge in [-0.15, -0.1) is 0 Å². The lowest BCUT2D eigenvalue weighted by Crippen LogP contribution is -2.27. The van der Waals surface area contributed by atoms with Crippen LogP contribution >= 0.6 is 0 Å². The van der Waals surface area contributed by atoms with Crippen molar-refractivity contribution in [2.75, 3.05) is 26.3 Å². The molecule has 0 amide bonds. The fourth-order valence-corrected chi connectivity index (χ4v) is 2.19. The Morgan fingerprint density at radius 2 is 1.84 bits per heavy atom. The Hall–Kier alpha value is -0.860.